The summed E-state index contributed by atoms with van der Waals surface area (Å²) in [6.45, 7) is 6.47. The van der Waals surface area contributed by atoms with Gasteiger partial charge >= 0.3 is 0 Å². The zero-order valence-electron chi connectivity index (χ0n) is 11.5. The minimum absolute atomic E-state index is 0.0959. The van der Waals surface area contributed by atoms with E-state index in [4.69, 9.17) is 10.2 Å². The summed E-state index contributed by atoms with van der Waals surface area (Å²) in [5, 5.41) is 2.78. The number of carbonyl (C=O) groups is 1. The minimum atomic E-state index is -0.137. The van der Waals surface area contributed by atoms with Crippen LogP contribution in [0.2, 0.25) is 0 Å². The average molecular weight is 261 g/mol. The molecule has 0 aliphatic carbocycles. The monoisotopic (exact) mass is 261 g/mol. The van der Waals surface area contributed by atoms with Crippen LogP contribution in [0.15, 0.2) is 22.6 Å². The zero-order valence-corrected chi connectivity index (χ0v) is 11.5. The number of rotatable bonds is 3. The highest BCUT2D eigenvalue weighted by atomic mass is 16.3. The fourth-order valence-corrected chi connectivity index (χ4v) is 1.68. The second kappa shape index (κ2) is 5.01. The molecule has 5 nitrogen and oxygen atoms in total. The molecule has 5 heteroatoms. The van der Waals surface area contributed by atoms with Gasteiger partial charge in [-0.3, -0.25) is 4.79 Å². The molecule has 3 N–H and O–H groups in total. The maximum absolute atomic E-state index is 11.5. The molecular formula is C14H19N3O2. The van der Waals surface area contributed by atoms with Crippen LogP contribution in [0, 0.1) is 0 Å². The molecule has 2 aromatic rings. The quantitative estimate of drug-likeness (QED) is 0.889. The number of hydrogen-bond acceptors (Lipinski definition) is 4. The number of oxazole rings is 1. The van der Waals surface area contributed by atoms with Crippen molar-refractivity contribution in [3.05, 3.63) is 24.1 Å². The van der Waals surface area contributed by atoms with Gasteiger partial charge in [-0.15, -0.1) is 0 Å². The number of anilines is 1. The van der Waals surface area contributed by atoms with Gasteiger partial charge in [0.1, 0.15) is 5.52 Å². The van der Waals surface area contributed by atoms with Gasteiger partial charge < -0.3 is 15.5 Å². The number of benzene rings is 1. The number of nitrogens with two attached hydrogens (primary N) is 1. The highest BCUT2D eigenvalue weighted by Crippen LogP contribution is 2.27. The van der Waals surface area contributed by atoms with Crippen molar-refractivity contribution in [1.82, 2.24) is 4.98 Å². The molecule has 0 spiro atoms. The van der Waals surface area contributed by atoms with E-state index in [1.54, 1.807) is 6.07 Å². The Morgan fingerprint density at radius 2 is 2.16 bits per heavy atom. The molecule has 0 fully saturated rings. The number of aromatic nitrogens is 1. The van der Waals surface area contributed by atoms with Crippen LogP contribution in [-0.4, -0.2) is 17.4 Å². The summed E-state index contributed by atoms with van der Waals surface area (Å²) in [7, 11) is 0. The fraction of sp³-hybridized carbons (Fsp3) is 0.429. The van der Waals surface area contributed by atoms with Crippen LogP contribution in [0.5, 0.6) is 0 Å². The van der Waals surface area contributed by atoms with Gasteiger partial charge in [0.05, 0.1) is 0 Å². The molecule has 2 rings (SSSR count). The van der Waals surface area contributed by atoms with Gasteiger partial charge in [0.15, 0.2) is 5.58 Å². The van der Waals surface area contributed by atoms with Crippen LogP contribution in [-0.2, 0) is 10.2 Å². The summed E-state index contributed by atoms with van der Waals surface area (Å²) < 4.78 is 5.70. The van der Waals surface area contributed by atoms with Gasteiger partial charge in [0.2, 0.25) is 11.8 Å². The van der Waals surface area contributed by atoms with E-state index in [-0.39, 0.29) is 11.3 Å². The lowest BCUT2D eigenvalue weighted by molar-refractivity contribution is -0.116. The highest BCUT2D eigenvalue weighted by molar-refractivity contribution is 5.92. The van der Waals surface area contributed by atoms with Crippen LogP contribution in [0.4, 0.5) is 5.69 Å². The van der Waals surface area contributed by atoms with Crippen molar-refractivity contribution in [2.24, 2.45) is 5.73 Å². The predicted molar refractivity (Wildman–Crippen MR) is 75.0 cm³/mol. The van der Waals surface area contributed by atoms with Crippen LogP contribution >= 0.6 is 0 Å². The Bertz CT molecular complexity index is 596. The van der Waals surface area contributed by atoms with Crippen molar-refractivity contribution in [2.75, 3.05) is 11.9 Å². The first-order valence-electron chi connectivity index (χ1n) is 6.31. The molecule has 0 saturated heterocycles. The lowest BCUT2D eigenvalue weighted by Gasteiger charge is -2.11. The van der Waals surface area contributed by atoms with E-state index >= 15 is 0 Å². The fourth-order valence-electron chi connectivity index (χ4n) is 1.68. The Kier molecular flexibility index (Phi) is 3.57. The first-order valence-corrected chi connectivity index (χ1v) is 6.31. The number of fused-ring (bicyclic) bond motifs is 1. The smallest absolute Gasteiger partial charge is 0.225 e. The standard InChI is InChI=1S/C14H19N3O2/c1-14(2,3)13-17-10-8-9(4-5-11(10)19-13)16-12(18)6-7-15/h4-5,8H,6-7,15H2,1-3H3,(H,16,18). The normalized spacial score (nSPS) is 11.8. The maximum atomic E-state index is 11.5. The molecule has 0 saturated carbocycles. The largest absolute Gasteiger partial charge is 0.440 e. The number of amides is 1. The summed E-state index contributed by atoms with van der Waals surface area (Å²) in [4.78, 5) is 15.9. The van der Waals surface area contributed by atoms with Gasteiger partial charge in [0.25, 0.3) is 0 Å². The molecule has 1 aromatic carbocycles. The Labute approximate surface area is 112 Å². The molecular weight excluding hydrogens is 242 g/mol. The Morgan fingerprint density at radius 1 is 1.42 bits per heavy atom. The zero-order chi connectivity index (χ0) is 14.0. The van der Waals surface area contributed by atoms with Gasteiger partial charge in [-0.25, -0.2) is 4.98 Å². The number of nitrogens with zero attached hydrogens (tertiary/aromatic N) is 1. The molecule has 19 heavy (non-hydrogen) atoms. The van der Waals surface area contributed by atoms with E-state index in [0.29, 0.717) is 24.5 Å². The van der Waals surface area contributed by atoms with E-state index in [1.807, 2.05) is 32.9 Å². The molecule has 1 amide bonds. The molecule has 1 heterocycles. The van der Waals surface area contributed by atoms with Gasteiger partial charge in [-0.05, 0) is 18.2 Å². The molecule has 1 aromatic heterocycles. The Morgan fingerprint density at radius 3 is 2.79 bits per heavy atom. The number of carbonyl (C=O) groups excluding carboxylic acids is 1. The molecule has 0 radical (unpaired) electrons. The van der Waals surface area contributed by atoms with Crippen molar-refractivity contribution in [1.29, 1.82) is 0 Å². The number of nitrogens with one attached hydrogen (secondary N) is 1. The minimum Gasteiger partial charge on any atom is -0.440 e. The summed E-state index contributed by atoms with van der Waals surface area (Å²) >= 11 is 0. The first-order chi connectivity index (χ1) is 8.90. The van der Waals surface area contributed by atoms with Gasteiger partial charge in [0, 0.05) is 24.1 Å². The van der Waals surface area contributed by atoms with Crippen molar-refractivity contribution >= 4 is 22.7 Å². The Hall–Kier alpha value is -1.88. The summed E-state index contributed by atoms with van der Waals surface area (Å²) in [5.41, 5.74) is 7.38. The molecule has 0 aliphatic heterocycles. The predicted octanol–water partition coefficient (Wildman–Crippen LogP) is 2.41. The van der Waals surface area contributed by atoms with Crippen molar-refractivity contribution < 1.29 is 9.21 Å². The van der Waals surface area contributed by atoms with Crippen LogP contribution in [0.25, 0.3) is 11.1 Å². The van der Waals surface area contributed by atoms with Crippen LogP contribution in [0.3, 0.4) is 0 Å². The highest BCUT2D eigenvalue weighted by Gasteiger charge is 2.20. The maximum Gasteiger partial charge on any atom is 0.225 e. The lowest BCUT2D eigenvalue weighted by Crippen LogP contribution is -2.16. The second-order valence-electron chi connectivity index (χ2n) is 5.54. The van der Waals surface area contributed by atoms with Crippen molar-refractivity contribution in [3.63, 3.8) is 0 Å². The van der Waals surface area contributed by atoms with Crippen LogP contribution < -0.4 is 11.1 Å². The van der Waals surface area contributed by atoms with Crippen molar-refractivity contribution in [3.8, 4) is 0 Å². The van der Waals surface area contributed by atoms with E-state index in [0.717, 1.165) is 11.1 Å². The molecule has 102 valence electrons. The third kappa shape index (κ3) is 3.12. The summed E-state index contributed by atoms with van der Waals surface area (Å²) in [6.07, 6.45) is 0.310. The second-order valence-corrected chi connectivity index (χ2v) is 5.54. The molecule has 0 unspecified atom stereocenters. The molecule has 0 aliphatic rings. The van der Waals surface area contributed by atoms with E-state index in [9.17, 15) is 4.79 Å². The van der Waals surface area contributed by atoms with Gasteiger partial charge in [-0.2, -0.15) is 0 Å². The van der Waals surface area contributed by atoms with Gasteiger partial charge in [-0.1, -0.05) is 20.8 Å². The third-order valence-corrected chi connectivity index (χ3v) is 2.68. The topological polar surface area (TPSA) is 81.2 Å². The molecule has 0 bridgehead atoms. The first kappa shape index (κ1) is 13.5. The van der Waals surface area contributed by atoms with Crippen LogP contribution in [0.1, 0.15) is 33.1 Å². The van der Waals surface area contributed by atoms with E-state index in [2.05, 4.69) is 10.3 Å². The van der Waals surface area contributed by atoms with E-state index < -0.39 is 0 Å². The summed E-state index contributed by atoms with van der Waals surface area (Å²) in [6, 6.07) is 5.42. The van der Waals surface area contributed by atoms with E-state index in [1.165, 1.54) is 0 Å². The molecule has 0 atom stereocenters. The van der Waals surface area contributed by atoms with Crippen molar-refractivity contribution in [2.45, 2.75) is 32.6 Å². The average Bonchev–Trinajstić information content (AvgIpc) is 2.71. The lowest BCUT2D eigenvalue weighted by atomic mass is 9.97. The summed E-state index contributed by atoms with van der Waals surface area (Å²) in [5.74, 6) is 0.592. The number of hydrogen-bond donors (Lipinski definition) is 2. The third-order valence-electron chi connectivity index (χ3n) is 2.68. The Balaban J connectivity index is 2.28. The SMILES string of the molecule is CC(C)(C)c1nc2cc(NC(=O)CCN)ccc2o1.